The molecule has 2 saturated heterocycles. The van der Waals surface area contributed by atoms with E-state index in [4.69, 9.17) is 4.99 Å². The summed E-state index contributed by atoms with van der Waals surface area (Å²) < 4.78 is 0.962. The lowest BCUT2D eigenvalue weighted by Gasteiger charge is -2.44. The molecule has 0 radical (unpaired) electrons. The van der Waals surface area contributed by atoms with Crippen LogP contribution >= 0.6 is 11.3 Å². The maximum Gasteiger partial charge on any atom is 0.319 e. The molecular formula is C27H36N6O4S. The van der Waals surface area contributed by atoms with Crippen LogP contribution < -0.4 is 10.6 Å². The zero-order valence-electron chi connectivity index (χ0n) is 22.0. The molecular weight excluding hydrogens is 504 g/mol. The largest absolute Gasteiger partial charge is 0.395 e. The lowest BCUT2D eigenvalue weighted by atomic mass is 9.87. The second-order valence-electron chi connectivity index (χ2n) is 10.3. The van der Waals surface area contributed by atoms with Gasteiger partial charge in [-0.1, -0.05) is 18.2 Å². The van der Waals surface area contributed by atoms with Crippen molar-refractivity contribution in [2.24, 2.45) is 4.99 Å². The minimum atomic E-state index is -0.750. The number of thiophene rings is 1. The average molecular weight is 541 g/mol. The number of rotatable bonds is 6. The molecule has 38 heavy (non-hydrogen) atoms. The number of amidine groups is 1. The normalized spacial score (nSPS) is 22.8. The van der Waals surface area contributed by atoms with Gasteiger partial charge in [0.05, 0.1) is 18.7 Å². The van der Waals surface area contributed by atoms with E-state index >= 15 is 0 Å². The van der Waals surface area contributed by atoms with E-state index in [2.05, 4.69) is 15.5 Å². The SMILES string of the molecule is CCNC(=O)Nc1sc2ccccc2c1C(=O)N1CCC(N2CCCC3(C2)N=C(C)N(CCO)C3=O)CC1. The Morgan fingerprint density at radius 3 is 2.71 bits per heavy atom. The molecule has 2 aromatic rings. The van der Waals surface area contributed by atoms with Gasteiger partial charge in [-0.15, -0.1) is 11.3 Å². The average Bonchev–Trinajstić information content (AvgIpc) is 3.38. The van der Waals surface area contributed by atoms with E-state index in [1.807, 2.05) is 43.0 Å². The topological polar surface area (TPSA) is 118 Å². The van der Waals surface area contributed by atoms with Crippen LogP contribution in [-0.2, 0) is 4.79 Å². The molecule has 0 saturated carbocycles. The van der Waals surface area contributed by atoms with E-state index in [0.717, 1.165) is 42.3 Å². The molecule has 4 heterocycles. The first-order chi connectivity index (χ1) is 18.4. The fourth-order valence-corrected chi connectivity index (χ4v) is 7.16. The van der Waals surface area contributed by atoms with E-state index in [1.165, 1.54) is 11.3 Å². The summed E-state index contributed by atoms with van der Waals surface area (Å²) in [6.45, 7) is 7.13. The van der Waals surface area contributed by atoms with Crippen molar-refractivity contribution in [2.75, 3.05) is 51.2 Å². The first kappa shape index (κ1) is 26.6. The van der Waals surface area contributed by atoms with Crippen molar-refractivity contribution in [3.8, 4) is 0 Å². The van der Waals surface area contributed by atoms with Crippen LogP contribution in [0.1, 0.15) is 49.9 Å². The monoisotopic (exact) mass is 540 g/mol. The highest BCUT2D eigenvalue weighted by atomic mass is 32.1. The third-order valence-corrected chi connectivity index (χ3v) is 8.96. The van der Waals surface area contributed by atoms with Gasteiger partial charge >= 0.3 is 6.03 Å². The number of urea groups is 1. The van der Waals surface area contributed by atoms with Gasteiger partial charge < -0.3 is 15.3 Å². The lowest BCUT2D eigenvalue weighted by Crippen LogP contribution is -2.57. The van der Waals surface area contributed by atoms with Crippen LogP contribution in [0.3, 0.4) is 0 Å². The first-order valence-corrected chi connectivity index (χ1v) is 14.3. The molecule has 204 valence electrons. The van der Waals surface area contributed by atoms with Crippen molar-refractivity contribution in [3.63, 3.8) is 0 Å². The molecule has 1 aromatic carbocycles. The summed E-state index contributed by atoms with van der Waals surface area (Å²) in [6, 6.07) is 7.71. The quantitative estimate of drug-likeness (QED) is 0.521. The highest BCUT2D eigenvalue weighted by Gasteiger charge is 2.50. The zero-order valence-corrected chi connectivity index (χ0v) is 22.9. The Morgan fingerprint density at radius 2 is 1.97 bits per heavy atom. The molecule has 3 aliphatic heterocycles. The van der Waals surface area contributed by atoms with Gasteiger partial charge in [0.1, 0.15) is 10.8 Å². The third-order valence-electron chi connectivity index (χ3n) is 7.88. The Labute approximate surface area is 226 Å². The molecule has 10 nitrogen and oxygen atoms in total. The molecule has 1 aromatic heterocycles. The van der Waals surface area contributed by atoms with Crippen LogP contribution in [0.15, 0.2) is 29.3 Å². The molecule has 1 spiro atoms. The van der Waals surface area contributed by atoms with Gasteiger partial charge in [0.15, 0.2) is 5.54 Å². The maximum atomic E-state index is 13.8. The third kappa shape index (κ3) is 4.90. The number of amides is 4. The number of carbonyl (C=O) groups is 3. The Morgan fingerprint density at radius 1 is 1.21 bits per heavy atom. The highest BCUT2D eigenvalue weighted by molar-refractivity contribution is 7.23. The fraction of sp³-hybridized carbons (Fsp3) is 0.556. The minimum absolute atomic E-state index is 0.00200. The van der Waals surface area contributed by atoms with Crippen molar-refractivity contribution in [1.82, 2.24) is 20.0 Å². The van der Waals surface area contributed by atoms with E-state index < -0.39 is 5.54 Å². The molecule has 11 heteroatoms. The highest BCUT2D eigenvalue weighted by Crippen LogP contribution is 2.38. The number of nitrogens with one attached hydrogen (secondary N) is 2. The molecule has 4 amide bonds. The summed E-state index contributed by atoms with van der Waals surface area (Å²) in [6.07, 6.45) is 3.26. The Balaban J connectivity index is 1.27. The van der Waals surface area contributed by atoms with Crippen molar-refractivity contribution in [3.05, 3.63) is 29.8 Å². The number of piperidine rings is 2. The molecule has 0 bridgehead atoms. The van der Waals surface area contributed by atoms with Crippen LogP contribution in [0.25, 0.3) is 10.1 Å². The molecule has 1 atom stereocenters. The Kier molecular flexibility index (Phi) is 7.69. The van der Waals surface area contributed by atoms with Gasteiger partial charge in [-0.25, -0.2) is 4.79 Å². The summed E-state index contributed by atoms with van der Waals surface area (Å²) in [5.41, 5.74) is -0.197. The van der Waals surface area contributed by atoms with Crippen LogP contribution in [0.2, 0.25) is 0 Å². The minimum Gasteiger partial charge on any atom is -0.395 e. The number of anilines is 1. The number of aliphatic hydroxyl groups excluding tert-OH is 1. The number of likely N-dealkylation sites (tertiary alicyclic amines) is 2. The van der Waals surface area contributed by atoms with E-state index in [-0.39, 0.29) is 37.0 Å². The summed E-state index contributed by atoms with van der Waals surface area (Å²) in [5.74, 6) is 0.623. The second kappa shape index (κ2) is 11.0. The molecule has 2 fully saturated rings. The van der Waals surface area contributed by atoms with E-state index in [1.54, 1.807) is 4.90 Å². The smallest absolute Gasteiger partial charge is 0.319 e. The lowest BCUT2D eigenvalue weighted by molar-refractivity contribution is -0.134. The Hall–Kier alpha value is -3.02. The number of hydrogen-bond donors (Lipinski definition) is 3. The standard InChI is InChI=1S/C27H36N6O4S/c1-3-28-26(37)29-23-22(20-7-4-5-8-21(20)38-23)24(35)31-13-9-19(10-14-31)32-12-6-11-27(17-32)25(36)33(15-16-34)18(2)30-27/h4-5,7-8,19,34H,3,6,9-17H2,1-2H3,(H2,28,29,37). The Bertz CT molecular complexity index is 1250. The summed E-state index contributed by atoms with van der Waals surface area (Å²) in [7, 11) is 0. The molecule has 3 N–H and O–H groups in total. The van der Waals surface area contributed by atoms with Gasteiger partial charge in [0.2, 0.25) is 0 Å². The van der Waals surface area contributed by atoms with Crippen LogP contribution in [0.4, 0.5) is 9.80 Å². The number of fused-ring (bicyclic) bond motifs is 1. The van der Waals surface area contributed by atoms with Gasteiger partial charge in [0.25, 0.3) is 11.8 Å². The predicted molar refractivity (Wildman–Crippen MR) is 149 cm³/mol. The number of β-amino-alcohol motifs (C(OH)–C–C–N with tert-alkyl or cyclic N) is 1. The first-order valence-electron chi connectivity index (χ1n) is 13.5. The molecule has 5 rings (SSSR count). The van der Waals surface area contributed by atoms with Gasteiger partial charge in [-0.05, 0) is 52.1 Å². The van der Waals surface area contributed by atoms with Gasteiger partial charge in [-0.2, -0.15) is 0 Å². The second-order valence-corrected chi connectivity index (χ2v) is 11.3. The van der Waals surface area contributed by atoms with Crippen molar-refractivity contribution >= 4 is 50.1 Å². The maximum absolute atomic E-state index is 13.8. The number of nitrogens with zero attached hydrogens (tertiary/aromatic N) is 4. The molecule has 1 unspecified atom stereocenters. The van der Waals surface area contributed by atoms with Gasteiger partial charge in [-0.3, -0.25) is 29.7 Å². The molecule has 0 aliphatic carbocycles. The summed E-state index contributed by atoms with van der Waals surface area (Å²) in [4.78, 5) is 49.9. The number of aliphatic imine (C=N–C) groups is 1. The summed E-state index contributed by atoms with van der Waals surface area (Å²) in [5, 5.41) is 16.4. The van der Waals surface area contributed by atoms with Crippen molar-refractivity contribution in [2.45, 2.75) is 51.1 Å². The predicted octanol–water partition coefficient (Wildman–Crippen LogP) is 2.73. The van der Waals surface area contributed by atoms with Crippen molar-refractivity contribution < 1.29 is 19.5 Å². The van der Waals surface area contributed by atoms with E-state index in [9.17, 15) is 19.5 Å². The fourth-order valence-electron chi connectivity index (χ4n) is 6.07. The van der Waals surface area contributed by atoms with Crippen molar-refractivity contribution in [1.29, 1.82) is 0 Å². The van der Waals surface area contributed by atoms with Crippen LogP contribution in [0, 0.1) is 0 Å². The number of carbonyl (C=O) groups excluding carboxylic acids is 3. The number of aliphatic hydroxyl groups is 1. The number of hydrogen-bond acceptors (Lipinski definition) is 7. The summed E-state index contributed by atoms with van der Waals surface area (Å²) >= 11 is 1.42. The van der Waals surface area contributed by atoms with Crippen LogP contribution in [0.5, 0.6) is 0 Å². The van der Waals surface area contributed by atoms with Crippen LogP contribution in [-0.4, -0.2) is 101 Å². The van der Waals surface area contributed by atoms with E-state index in [0.29, 0.717) is 42.6 Å². The zero-order chi connectivity index (χ0) is 26.9. The molecule has 3 aliphatic rings. The van der Waals surface area contributed by atoms with Gasteiger partial charge in [0, 0.05) is 42.3 Å². The number of benzene rings is 1.